The summed E-state index contributed by atoms with van der Waals surface area (Å²) in [5.41, 5.74) is 0.114. The molecule has 3 N–H and O–H groups in total. The lowest BCUT2D eigenvalue weighted by Gasteiger charge is -2.21. The number of alkyl carbamates (subject to hydrolysis) is 1. The summed E-state index contributed by atoms with van der Waals surface area (Å²) in [6.07, 6.45) is -1.52. The Labute approximate surface area is 176 Å². The summed E-state index contributed by atoms with van der Waals surface area (Å²) in [6.45, 7) is 4.72. The average Bonchev–Trinajstić information content (AvgIpc) is 2.67. The van der Waals surface area contributed by atoms with Gasteiger partial charge in [0.05, 0.1) is 13.1 Å². The highest BCUT2D eigenvalue weighted by Crippen LogP contribution is 2.06. The second kappa shape index (κ2) is 12.4. The molecule has 0 aromatic heterocycles. The molecule has 1 aromatic carbocycles. The van der Waals surface area contributed by atoms with Gasteiger partial charge in [0.15, 0.2) is 0 Å². The number of rotatable bonds is 9. The summed E-state index contributed by atoms with van der Waals surface area (Å²) in [5.74, 6) is -0.976. The number of carbonyl (C=O) groups excluding carboxylic acids is 4. The minimum Gasteiger partial charge on any atom is -0.444 e. The number of nitrogens with one attached hydrogen (secondary N) is 3. The molecule has 30 heavy (non-hydrogen) atoms. The fourth-order valence-electron chi connectivity index (χ4n) is 2.20. The number of imide groups is 1. The molecule has 1 rings (SSSR count). The number of ether oxygens (including phenoxy) is 2. The van der Waals surface area contributed by atoms with Crippen LogP contribution in [0.2, 0.25) is 0 Å². The molecule has 10 nitrogen and oxygen atoms in total. The van der Waals surface area contributed by atoms with Crippen molar-refractivity contribution in [3.63, 3.8) is 0 Å². The van der Waals surface area contributed by atoms with Crippen LogP contribution in [0, 0.1) is 0 Å². The van der Waals surface area contributed by atoms with Crippen LogP contribution in [0.15, 0.2) is 30.3 Å². The van der Waals surface area contributed by atoms with Gasteiger partial charge in [0.1, 0.15) is 12.2 Å². The topological polar surface area (TPSA) is 126 Å². The first-order valence-electron chi connectivity index (χ1n) is 9.51. The van der Waals surface area contributed by atoms with Gasteiger partial charge in [0.25, 0.3) is 0 Å². The Morgan fingerprint density at radius 1 is 1.00 bits per heavy atom. The zero-order valence-corrected chi connectivity index (χ0v) is 17.8. The molecule has 0 atom stereocenters. The van der Waals surface area contributed by atoms with Crippen molar-refractivity contribution in [3.8, 4) is 0 Å². The molecular weight excluding hydrogens is 392 g/mol. The van der Waals surface area contributed by atoms with Crippen molar-refractivity contribution in [2.24, 2.45) is 0 Å². The molecule has 0 aliphatic rings. The largest absolute Gasteiger partial charge is 0.444 e. The summed E-state index contributed by atoms with van der Waals surface area (Å²) in [6, 6.07) is 9.06. The van der Waals surface area contributed by atoms with E-state index in [9.17, 15) is 19.2 Å². The van der Waals surface area contributed by atoms with E-state index in [1.165, 1.54) is 0 Å². The minimum absolute atomic E-state index is 0.00469. The Hall–Kier alpha value is -3.14. The lowest BCUT2D eigenvalue weighted by molar-refractivity contribution is -0.129. The van der Waals surface area contributed by atoms with Gasteiger partial charge in [0.2, 0.25) is 11.8 Å². The molecule has 0 aliphatic heterocycles. The summed E-state index contributed by atoms with van der Waals surface area (Å²) in [5, 5.41) is 7.53. The molecule has 0 saturated carbocycles. The third-order valence-corrected chi connectivity index (χ3v) is 3.50. The molecule has 0 unspecified atom stereocenters. The van der Waals surface area contributed by atoms with Crippen LogP contribution in [0.5, 0.6) is 0 Å². The highest BCUT2D eigenvalue weighted by Gasteiger charge is 2.22. The number of benzene rings is 1. The monoisotopic (exact) mass is 422 g/mol. The number of nitrogens with zero attached hydrogens (tertiary/aromatic N) is 1. The van der Waals surface area contributed by atoms with Crippen LogP contribution in [0.1, 0.15) is 26.3 Å². The number of amides is 4. The van der Waals surface area contributed by atoms with Gasteiger partial charge in [-0.1, -0.05) is 30.3 Å². The average molecular weight is 422 g/mol. The fourth-order valence-corrected chi connectivity index (χ4v) is 2.20. The molecule has 0 fully saturated rings. The van der Waals surface area contributed by atoms with E-state index < -0.39 is 29.6 Å². The van der Waals surface area contributed by atoms with Gasteiger partial charge < -0.3 is 25.4 Å². The molecule has 10 heteroatoms. The quantitative estimate of drug-likeness (QED) is 0.542. The van der Waals surface area contributed by atoms with Gasteiger partial charge in [-0.25, -0.2) is 14.5 Å². The standard InChI is InChI=1S/C20H30N4O6/c1-20(2,3)30-18(27)23-12-16(25)22-10-11-24(17(26)13-21-4)19(28)29-14-15-8-6-5-7-9-15/h5-9,21H,10-14H2,1-4H3,(H,22,25)(H,23,27). The van der Waals surface area contributed by atoms with E-state index in [0.29, 0.717) is 0 Å². The van der Waals surface area contributed by atoms with Crippen molar-refractivity contribution in [1.82, 2.24) is 20.9 Å². The third kappa shape index (κ3) is 10.4. The first-order chi connectivity index (χ1) is 14.1. The first kappa shape index (κ1) is 24.9. The van der Waals surface area contributed by atoms with Crippen molar-refractivity contribution >= 4 is 24.0 Å². The van der Waals surface area contributed by atoms with Crippen molar-refractivity contribution in [3.05, 3.63) is 35.9 Å². The number of likely N-dealkylation sites (N-methyl/N-ethyl adjacent to an activating group) is 1. The molecule has 0 saturated heterocycles. The Balaban J connectivity index is 2.48. The predicted octanol–water partition coefficient (Wildman–Crippen LogP) is 1.01. The maximum atomic E-state index is 12.3. The predicted molar refractivity (Wildman–Crippen MR) is 110 cm³/mol. The van der Waals surface area contributed by atoms with E-state index in [2.05, 4.69) is 16.0 Å². The van der Waals surface area contributed by atoms with Gasteiger partial charge in [-0.15, -0.1) is 0 Å². The van der Waals surface area contributed by atoms with Crippen molar-refractivity contribution in [2.45, 2.75) is 33.0 Å². The van der Waals surface area contributed by atoms with Crippen LogP contribution in [0.3, 0.4) is 0 Å². The molecule has 0 aliphatic carbocycles. The maximum absolute atomic E-state index is 12.3. The molecule has 166 valence electrons. The Kier molecular flexibility index (Phi) is 10.3. The molecular formula is C20H30N4O6. The Morgan fingerprint density at radius 2 is 1.67 bits per heavy atom. The second-order valence-corrected chi connectivity index (χ2v) is 7.32. The van der Waals surface area contributed by atoms with Gasteiger partial charge in [-0.05, 0) is 33.4 Å². The zero-order valence-electron chi connectivity index (χ0n) is 17.8. The van der Waals surface area contributed by atoms with E-state index in [1.807, 2.05) is 18.2 Å². The van der Waals surface area contributed by atoms with Crippen LogP contribution in [-0.2, 0) is 25.7 Å². The molecule has 1 aromatic rings. The van der Waals surface area contributed by atoms with Crippen LogP contribution in [0.25, 0.3) is 0 Å². The molecule has 0 bridgehead atoms. The van der Waals surface area contributed by atoms with Gasteiger partial charge in [-0.3, -0.25) is 9.59 Å². The SMILES string of the molecule is CNCC(=O)N(CCNC(=O)CNC(=O)OC(C)(C)C)C(=O)OCc1ccccc1. The molecule has 0 spiro atoms. The lowest BCUT2D eigenvalue weighted by atomic mass is 10.2. The van der Waals surface area contributed by atoms with E-state index in [1.54, 1.807) is 40.0 Å². The van der Waals surface area contributed by atoms with E-state index in [-0.39, 0.29) is 32.8 Å². The molecule has 4 amide bonds. The minimum atomic E-state index is -0.805. The van der Waals surface area contributed by atoms with Crippen LogP contribution in [-0.4, -0.2) is 67.7 Å². The van der Waals surface area contributed by atoms with Crippen molar-refractivity contribution in [2.75, 3.05) is 33.2 Å². The molecule has 0 heterocycles. The Morgan fingerprint density at radius 3 is 2.27 bits per heavy atom. The number of hydrogen-bond acceptors (Lipinski definition) is 7. The summed E-state index contributed by atoms with van der Waals surface area (Å²) < 4.78 is 10.2. The number of hydrogen-bond donors (Lipinski definition) is 3. The van der Waals surface area contributed by atoms with Crippen LogP contribution >= 0.6 is 0 Å². The van der Waals surface area contributed by atoms with Gasteiger partial charge >= 0.3 is 12.2 Å². The van der Waals surface area contributed by atoms with E-state index >= 15 is 0 Å². The molecule has 0 radical (unpaired) electrons. The highest BCUT2D eigenvalue weighted by atomic mass is 16.6. The lowest BCUT2D eigenvalue weighted by Crippen LogP contribution is -2.47. The number of carbonyl (C=O) groups is 4. The van der Waals surface area contributed by atoms with Gasteiger partial charge in [0, 0.05) is 13.1 Å². The Bertz CT molecular complexity index is 718. The fraction of sp³-hybridized carbons (Fsp3) is 0.500. The summed E-state index contributed by atoms with van der Waals surface area (Å²) >= 11 is 0. The van der Waals surface area contributed by atoms with Crippen LogP contribution < -0.4 is 16.0 Å². The first-order valence-corrected chi connectivity index (χ1v) is 9.51. The maximum Gasteiger partial charge on any atom is 0.416 e. The van der Waals surface area contributed by atoms with Crippen molar-refractivity contribution in [1.29, 1.82) is 0 Å². The normalized spacial score (nSPS) is 10.7. The zero-order chi connectivity index (χ0) is 22.6. The van der Waals surface area contributed by atoms with Gasteiger partial charge in [-0.2, -0.15) is 0 Å². The summed E-state index contributed by atoms with van der Waals surface area (Å²) in [4.78, 5) is 48.8. The second-order valence-electron chi connectivity index (χ2n) is 7.32. The van der Waals surface area contributed by atoms with Crippen molar-refractivity contribution < 1.29 is 28.7 Å². The van der Waals surface area contributed by atoms with E-state index in [0.717, 1.165) is 10.5 Å². The van der Waals surface area contributed by atoms with Crippen LogP contribution in [0.4, 0.5) is 9.59 Å². The summed E-state index contributed by atoms with van der Waals surface area (Å²) in [7, 11) is 1.58. The third-order valence-electron chi connectivity index (χ3n) is 3.50. The van der Waals surface area contributed by atoms with E-state index in [4.69, 9.17) is 9.47 Å². The smallest absolute Gasteiger partial charge is 0.416 e. The highest BCUT2D eigenvalue weighted by molar-refractivity contribution is 5.93.